The summed E-state index contributed by atoms with van der Waals surface area (Å²) >= 11 is 0. The third-order valence-electron chi connectivity index (χ3n) is 2.65. The molecule has 0 atom stereocenters. The van der Waals surface area contributed by atoms with Gasteiger partial charge in [-0.1, -0.05) is 12.1 Å². The van der Waals surface area contributed by atoms with Crippen LogP contribution in [-0.2, 0) is 20.9 Å². The molecule has 3 N–H and O–H groups in total. The monoisotopic (exact) mass is 322 g/mol. The van der Waals surface area contributed by atoms with Gasteiger partial charge in [-0.05, 0) is 38.5 Å². The fraction of sp³-hybridized carbons (Fsp3) is 0.438. The van der Waals surface area contributed by atoms with Crippen LogP contribution in [0, 0.1) is 0 Å². The van der Waals surface area contributed by atoms with Crippen LogP contribution in [0.2, 0.25) is 0 Å². The number of carboxylic acids is 1. The zero-order valence-electron chi connectivity index (χ0n) is 13.5. The van der Waals surface area contributed by atoms with Crippen molar-refractivity contribution in [2.45, 2.75) is 45.8 Å². The Labute approximate surface area is 135 Å². The molecule has 7 heteroatoms. The molecule has 1 aromatic carbocycles. The lowest BCUT2D eigenvalue weighted by Gasteiger charge is -2.19. The summed E-state index contributed by atoms with van der Waals surface area (Å²) in [7, 11) is 0. The highest BCUT2D eigenvalue weighted by Gasteiger charge is 2.16. The molecule has 2 amide bonds. The van der Waals surface area contributed by atoms with E-state index in [2.05, 4.69) is 10.6 Å². The van der Waals surface area contributed by atoms with Gasteiger partial charge in [0.05, 0.1) is 6.42 Å². The summed E-state index contributed by atoms with van der Waals surface area (Å²) in [6.45, 7) is 5.64. The quantitative estimate of drug-likeness (QED) is 0.746. The highest BCUT2D eigenvalue weighted by Crippen LogP contribution is 2.13. The molecule has 0 heterocycles. The van der Waals surface area contributed by atoms with Gasteiger partial charge >= 0.3 is 12.1 Å². The number of nitrogens with one attached hydrogen (secondary N) is 2. The Balaban J connectivity index is 2.43. The first-order chi connectivity index (χ1) is 10.7. The van der Waals surface area contributed by atoms with Crippen molar-refractivity contribution < 1.29 is 24.2 Å². The van der Waals surface area contributed by atoms with Crippen molar-refractivity contribution in [1.82, 2.24) is 5.32 Å². The summed E-state index contributed by atoms with van der Waals surface area (Å²) in [5.41, 5.74) is 0.855. The first-order valence-electron chi connectivity index (χ1n) is 7.23. The van der Waals surface area contributed by atoms with Gasteiger partial charge in [0.2, 0.25) is 5.91 Å². The molecule has 7 nitrogen and oxygen atoms in total. The average Bonchev–Trinajstić information content (AvgIpc) is 2.42. The zero-order chi connectivity index (χ0) is 17.5. The minimum atomic E-state index is -1.00. The molecular weight excluding hydrogens is 300 g/mol. The molecule has 23 heavy (non-hydrogen) atoms. The Kier molecular flexibility index (Phi) is 6.56. The number of hydrogen-bond acceptors (Lipinski definition) is 4. The largest absolute Gasteiger partial charge is 0.481 e. The van der Waals surface area contributed by atoms with E-state index in [1.807, 2.05) is 0 Å². The first-order valence-corrected chi connectivity index (χ1v) is 7.23. The Morgan fingerprint density at radius 2 is 1.70 bits per heavy atom. The average molecular weight is 322 g/mol. The maximum atomic E-state index is 11.6. The number of hydrogen-bond donors (Lipinski definition) is 3. The van der Waals surface area contributed by atoms with Crippen molar-refractivity contribution in [1.29, 1.82) is 0 Å². The van der Waals surface area contributed by atoms with Gasteiger partial charge in [0.15, 0.2) is 0 Å². The van der Waals surface area contributed by atoms with Crippen molar-refractivity contribution in [3.8, 4) is 0 Å². The topological polar surface area (TPSA) is 105 Å². The van der Waals surface area contributed by atoms with Gasteiger partial charge in [0.1, 0.15) is 5.60 Å². The molecule has 0 aliphatic carbocycles. The lowest BCUT2D eigenvalue weighted by atomic mass is 10.2. The normalized spacial score (nSPS) is 10.7. The minimum Gasteiger partial charge on any atom is -0.481 e. The Hall–Kier alpha value is -2.57. The van der Waals surface area contributed by atoms with Crippen molar-refractivity contribution in [3.63, 3.8) is 0 Å². The van der Waals surface area contributed by atoms with Crippen molar-refractivity contribution in [3.05, 3.63) is 29.8 Å². The van der Waals surface area contributed by atoms with E-state index in [9.17, 15) is 14.4 Å². The highest BCUT2D eigenvalue weighted by atomic mass is 16.6. The van der Waals surface area contributed by atoms with Gasteiger partial charge in [0, 0.05) is 18.7 Å². The predicted octanol–water partition coefficient (Wildman–Crippen LogP) is 2.51. The number of carbonyl (C=O) groups excluding carboxylic acids is 2. The molecular formula is C16H22N2O5. The molecule has 0 radical (unpaired) electrons. The maximum absolute atomic E-state index is 11.6. The van der Waals surface area contributed by atoms with Crippen LogP contribution in [-0.4, -0.2) is 28.7 Å². The smallest absolute Gasteiger partial charge is 0.412 e. The van der Waals surface area contributed by atoms with Crippen LogP contribution < -0.4 is 10.6 Å². The van der Waals surface area contributed by atoms with Gasteiger partial charge in [-0.2, -0.15) is 0 Å². The van der Waals surface area contributed by atoms with E-state index in [4.69, 9.17) is 9.84 Å². The second-order valence-electron chi connectivity index (χ2n) is 5.99. The van der Waals surface area contributed by atoms with Crippen LogP contribution in [0.1, 0.15) is 39.2 Å². The third-order valence-corrected chi connectivity index (χ3v) is 2.65. The molecule has 0 aliphatic heterocycles. The first kappa shape index (κ1) is 18.5. The van der Waals surface area contributed by atoms with Crippen LogP contribution in [0.25, 0.3) is 0 Å². The number of carboxylic acid groups (broad SMARTS) is 1. The van der Waals surface area contributed by atoms with Gasteiger partial charge in [-0.3, -0.25) is 14.9 Å². The second kappa shape index (κ2) is 8.17. The van der Waals surface area contributed by atoms with E-state index in [-0.39, 0.29) is 18.7 Å². The summed E-state index contributed by atoms with van der Waals surface area (Å²) in [5.74, 6) is -1.32. The summed E-state index contributed by atoms with van der Waals surface area (Å²) in [5, 5.41) is 13.7. The second-order valence-corrected chi connectivity index (χ2v) is 5.99. The molecule has 0 saturated heterocycles. The van der Waals surface area contributed by atoms with Gasteiger partial charge < -0.3 is 15.2 Å². The molecule has 0 aromatic heterocycles. The fourth-order valence-electron chi connectivity index (χ4n) is 1.64. The highest BCUT2D eigenvalue weighted by molar-refractivity contribution is 5.84. The Morgan fingerprint density at radius 1 is 1.09 bits per heavy atom. The summed E-state index contributed by atoms with van der Waals surface area (Å²) in [4.78, 5) is 33.4. The van der Waals surface area contributed by atoms with Crippen LogP contribution >= 0.6 is 0 Å². The van der Waals surface area contributed by atoms with Crippen LogP contribution in [0.15, 0.2) is 24.3 Å². The molecule has 126 valence electrons. The molecule has 1 rings (SSSR count). The fourth-order valence-corrected chi connectivity index (χ4v) is 1.64. The van der Waals surface area contributed by atoms with E-state index < -0.39 is 17.7 Å². The molecule has 0 saturated carbocycles. The zero-order valence-corrected chi connectivity index (χ0v) is 13.5. The van der Waals surface area contributed by atoms with E-state index in [0.717, 1.165) is 5.56 Å². The standard InChI is InChI=1S/C16H22N2O5/c1-16(2,3)23-15(22)18-12-6-4-11(5-7-12)10-17-13(19)8-9-14(20)21/h4-7H,8-10H2,1-3H3,(H,17,19)(H,18,22)(H,20,21). The van der Waals surface area contributed by atoms with Crippen LogP contribution in [0.3, 0.4) is 0 Å². The number of benzene rings is 1. The number of amides is 2. The summed E-state index contributed by atoms with van der Waals surface area (Å²) in [6.07, 6.45) is -0.773. The third kappa shape index (κ3) is 8.45. The van der Waals surface area contributed by atoms with Gasteiger partial charge in [-0.25, -0.2) is 4.79 Å². The predicted molar refractivity (Wildman–Crippen MR) is 85.0 cm³/mol. The molecule has 0 spiro atoms. The van der Waals surface area contributed by atoms with E-state index in [0.29, 0.717) is 12.2 Å². The van der Waals surface area contributed by atoms with Crippen LogP contribution in [0.4, 0.5) is 10.5 Å². The van der Waals surface area contributed by atoms with E-state index in [1.54, 1.807) is 45.0 Å². The SMILES string of the molecule is CC(C)(C)OC(=O)Nc1ccc(CNC(=O)CCC(=O)O)cc1. The van der Waals surface area contributed by atoms with E-state index in [1.165, 1.54) is 0 Å². The molecule has 1 aromatic rings. The summed E-state index contributed by atoms with van der Waals surface area (Å²) in [6, 6.07) is 6.90. The number of ether oxygens (including phenoxy) is 1. The Bertz CT molecular complexity index is 561. The van der Waals surface area contributed by atoms with Crippen LogP contribution in [0.5, 0.6) is 0 Å². The maximum Gasteiger partial charge on any atom is 0.412 e. The number of anilines is 1. The van der Waals surface area contributed by atoms with E-state index >= 15 is 0 Å². The number of carbonyl (C=O) groups is 3. The van der Waals surface area contributed by atoms with Gasteiger partial charge in [0.25, 0.3) is 0 Å². The molecule has 0 bridgehead atoms. The lowest BCUT2D eigenvalue weighted by Crippen LogP contribution is -2.27. The lowest BCUT2D eigenvalue weighted by molar-refractivity contribution is -0.138. The minimum absolute atomic E-state index is 0.0480. The van der Waals surface area contributed by atoms with Crippen molar-refractivity contribution >= 4 is 23.7 Å². The summed E-state index contributed by atoms with van der Waals surface area (Å²) < 4.78 is 5.14. The van der Waals surface area contributed by atoms with Crippen molar-refractivity contribution in [2.75, 3.05) is 5.32 Å². The van der Waals surface area contributed by atoms with Crippen molar-refractivity contribution in [2.24, 2.45) is 0 Å². The number of aliphatic carboxylic acids is 1. The Morgan fingerprint density at radius 3 is 2.22 bits per heavy atom. The molecule has 0 aliphatic rings. The number of rotatable bonds is 6. The van der Waals surface area contributed by atoms with Gasteiger partial charge in [-0.15, -0.1) is 0 Å². The molecule has 0 unspecified atom stereocenters. The molecule has 0 fully saturated rings.